The van der Waals surface area contributed by atoms with Gasteiger partial charge < -0.3 is 5.32 Å². The van der Waals surface area contributed by atoms with Crippen LogP contribution in [-0.2, 0) is 21.2 Å². The van der Waals surface area contributed by atoms with Gasteiger partial charge in [0.05, 0.1) is 11.8 Å². The average molecular weight is 330 g/mol. The van der Waals surface area contributed by atoms with Crippen LogP contribution in [0.5, 0.6) is 0 Å². The van der Waals surface area contributed by atoms with E-state index in [0.29, 0.717) is 5.69 Å². The Morgan fingerprint density at radius 3 is 2.30 bits per heavy atom. The topological polar surface area (TPSA) is 75.3 Å². The highest BCUT2D eigenvalue weighted by molar-refractivity contribution is 7.95. The summed E-state index contributed by atoms with van der Waals surface area (Å²) in [5.41, 5.74) is 2.06. The van der Waals surface area contributed by atoms with Crippen molar-refractivity contribution in [3.8, 4) is 0 Å². The summed E-state index contributed by atoms with van der Waals surface area (Å²) < 4.78 is 26.5. The van der Waals surface area contributed by atoms with Crippen LogP contribution < -0.4 is 10.0 Å². The van der Waals surface area contributed by atoms with Gasteiger partial charge in [0.1, 0.15) is 0 Å². The van der Waals surface area contributed by atoms with Crippen LogP contribution in [0, 0.1) is 0 Å². The molecule has 0 atom stereocenters. The summed E-state index contributed by atoms with van der Waals surface area (Å²) in [6.07, 6.45) is 1.79. The van der Waals surface area contributed by atoms with Crippen LogP contribution in [0.1, 0.15) is 11.1 Å². The molecule has 2 aromatic carbocycles. The third-order valence-electron chi connectivity index (χ3n) is 3.10. The van der Waals surface area contributed by atoms with E-state index >= 15 is 0 Å². The molecule has 2 N–H and O–H groups in total. The van der Waals surface area contributed by atoms with E-state index in [4.69, 9.17) is 0 Å². The number of carbonyl (C=O) groups excluding carboxylic acids is 1. The molecule has 0 saturated heterocycles. The number of carbonyl (C=O) groups is 1. The fourth-order valence-electron chi connectivity index (χ4n) is 1.90. The Balaban J connectivity index is 2.03. The normalized spacial score (nSPS) is 11.3. The second kappa shape index (κ2) is 7.60. The van der Waals surface area contributed by atoms with Crippen LogP contribution in [-0.4, -0.2) is 21.4 Å². The molecule has 0 saturated carbocycles. The number of amides is 1. The fourth-order valence-corrected chi connectivity index (χ4v) is 2.76. The van der Waals surface area contributed by atoms with Crippen molar-refractivity contribution in [3.05, 3.63) is 71.1 Å². The predicted molar refractivity (Wildman–Crippen MR) is 92.2 cm³/mol. The lowest BCUT2D eigenvalue weighted by Gasteiger charge is -2.06. The largest absolute Gasteiger partial charge is 0.359 e. The van der Waals surface area contributed by atoms with Gasteiger partial charge in [0.25, 0.3) is 10.0 Å². The molecule has 0 radical (unpaired) electrons. The maximum atomic E-state index is 12.0. The second-order valence-corrected chi connectivity index (χ2v) is 6.47. The minimum atomic E-state index is -3.58. The van der Waals surface area contributed by atoms with Crippen molar-refractivity contribution in [1.82, 2.24) is 5.32 Å². The Morgan fingerprint density at radius 2 is 1.70 bits per heavy atom. The highest BCUT2D eigenvalue weighted by atomic mass is 32.2. The zero-order chi connectivity index (χ0) is 16.7. The molecule has 120 valence electrons. The summed E-state index contributed by atoms with van der Waals surface area (Å²) in [6, 6.07) is 15.9. The standard InChI is InChI=1S/C17H18N2O3S/c1-18-17(20)13-15-7-9-16(10-8-15)19-23(21,22)12-11-14-5-3-2-4-6-14/h2-12,19H,13H2,1H3,(H,18,20)/b12-11+. The molecule has 1 amide bonds. The minimum absolute atomic E-state index is 0.0934. The van der Waals surface area contributed by atoms with E-state index in [2.05, 4.69) is 10.0 Å². The maximum absolute atomic E-state index is 12.0. The SMILES string of the molecule is CNC(=O)Cc1ccc(NS(=O)(=O)/C=C/c2ccccc2)cc1. The van der Waals surface area contributed by atoms with Crippen LogP contribution in [0.15, 0.2) is 60.0 Å². The molecular weight excluding hydrogens is 312 g/mol. The molecule has 2 aromatic rings. The molecule has 0 heterocycles. The molecule has 0 bridgehead atoms. The first-order chi connectivity index (χ1) is 11.0. The smallest absolute Gasteiger partial charge is 0.255 e. The van der Waals surface area contributed by atoms with E-state index in [1.165, 1.54) is 6.08 Å². The van der Waals surface area contributed by atoms with Crippen LogP contribution in [0.3, 0.4) is 0 Å². The van der Waals surface area contributed by atoms with Gasteiger partial charge >= 0.3 is 0 Å². The van der Waals surface area contributed by atoms with Crippen molar-refractivity contribution in [2.24, 2.45) is 0 Å². The van der Waals surface area contributed by atoms with E-state index in [0.717, 1.165) is 16.5 Å². The first-order valence-electron chi connectivity index (χ1n) is 7.04. The lowest BCUT2D eigenvalue weighted by molar-refractivity contribution is -0.119. The van der Waals surface area contributed by atoms with Crippen molar-refractivity contribution < 1.29 is 13.2 Å². The van der Waals surface area contributed by atoms with Crippen molar-refractivity contribution in [1.29, 1.82) is 0 Å². The van der Waals surface area contributed by atoms with Gasteiger partial charge in [-0.25, -0.2) is 8.42 Å². The summed E-state index contributed by atoms with van der Waals surface area (Å²) in [7, 11) is -2.01. The Kier molecular flexibility index (Phi) is 5.54. The van der Waals surface area contributed by atoms with Crippen LogP contribution in [0.25, 0.3) is 6.08 Å². The zero-order valence-corrected chi connectivity index (χ0v) is 13.5. The number of benzene rings is 2. The molecule has 2 rings (SSSR count). The molecule has 0 aliphatic heterocycles. The monoisotopic (exact) mass is 330 g/mol. The summed E-state index contributed by atoms with van der Waals surface area (Å²) in [4.78, 5) is 11.3. The molecular formula is C17H18N2O3S. The van der Waals surface area contributed by atoms with Crippen molar-refractivity contribution in [3.63, 3.8) is 0 Å². The molecule has 0 aromatic heterocycles. The lowest BCUT2D eigenvalue weighted by Crippen LogP contribution is -2.19. The van der Waals surface area contributed by atoms with E-state index in [-0.39, 0.29) is 12.3 Å². The first-order valence-corrected chi connectivity index (χ1v) is 8.58. The molecule has 6 heteroatoms. The number of sulfonamides is 1. The summed E-state index contributed by atoms with van der Waals surface area (Å²) in [6.45, 7) is 0. The third-order valence-corrected chi connectivity index (χ3v) is 4.11. The fraction of sp³-hybridized carbons (Fsp3) is 0.118. The van der Waals surface area contributed by atoms with Gasteiger partial charge in [-0.15, -0.1) is 0 Å². The molecule has 0 fully saturated rings. The number of likely N-dealkylation sites (N-methyl/N-ethyl adjacent to an activating group) is 1. The van der Waals surface area contributed by atoms with Crippen molar-refractivity contribution in [2.45, 2.75) is 6.42 Å². The second-order valence-electron chi connectivity index (χ2n) is 4.91. The first kappa shape index (κ1) is 16.8. The van der Waals surface area contributed by atoms with Crippen LogP contribution in [0.2, 0.25) is 0 Å². The van der Waals surface area contributed by atoms with Crippen molar-refractivity contribution in [2.75, 3.05) is 11.8 Å². The Labute approximate surface area is 136 Å². The van der Waals surface area contributed by atoms with Gasteiger partial charge in [-0.2, -0.15) is 0 Å². The number of anilines is 1. The van der Waals surface area contributed by atoms with E-state index in [9.17, 15) is 13.2 Å². The maximum Gasteiger partial charge on any atom is 0.255 e. The highest BCUT2D eigenvalue weighted by Crippen LogP contribution is 2.13. The molecule has 5 nitrogen and oxygen atoms in total. The van der Waals surface area contributed by atoms with Gasteiger partial charge in [0.15, 0.2) is 0 Å². The molecule has 0 spiro atoms. The molecule has 23 heavy (non-hydrogen) atoms. The van der Waals surface area contributed by atoms with E-state index in [1.807, 2.05) is 30.3 Å². The summed E-state index contributed by atoms with van der Waals surface area (Å²) >= 11 is 0. The third kappa shape index (κ3) is 5.60. The minimum Gasteiger partial charge on any atom is -0.359 e. The van der Waals surface area contributed by atoms with Crippen LogP contribution in [0.4, 0.5) is 5.69 Å². The van der Waals surface area contributed by atoms with E-state index < -0.39 is 10.0 Å². The molecule has 0 unspecified atom stereocenters. The van der Waals surface area contributed by atoms with Crippen molar-refractivity contribution >= 4 is 27.7 Å². The number of hydrogen-bond acceptors (Lipinski definition) is 3. The van der Waals surface area contributed by atoms with Gasteiger partial charge in [-0.1, -0.05) is 42.5 Å². The van der Waals surface area contributed by atoms with Gasteiger partial charge in [-0.05, 0) is 29.3 Å². The number of nitrogens with one attached hydrogen (secondary N) is 2. The van der Waals surface area contributed by atoms with Crippen LogP contribution >= 0.6 is 0 Å². The average Bonchev–Trinajstić information content (AvgIpc) is 2.55. The van der Waals surface area contributed by atoms with Gasteiger partial charge in [0.2, 0.25) is 5.91 Å². The lowest BCUT2D eigenvalue weighted by atomic mass is 10.1. The van der Waals surface area contributed by atoms with Gasteiger partial charge in [0, 0.05) is 12.7 Å². The predicted octanol–water partition coefficient (Wildman–Crippen LogP) is 2.39. The number of rotatable bonds is 6. The zero-order valence-electron chi connectivity index (χ0n) is 12.7. The quantitative estimate of drug-likeness (QED) is 0.854. The van der Waals surface area contributed by atoms with E-state index in [1.54, 1.807) is 31.3 Å². The Morgan fingerprint density at radius 1 is 1.04 bits per heavy atom. The highest BCUT2D eigenvalue weighted by Gasteiger charge is 2.06. The molecule has 0 aliphatic carbocycles. The summed E-state index contributed by atoms with van der Waals surface area (Å²) in [5, 5.41) is 3.66. The Hall–Kier alpha value is -2.60. The summed E-state index contributed by atoms with van der Waals surface area (Å²) in [5.74, 6) is -0.0934. The number of hydrogen-bond donors (Lipinski definition) is 2. The molecule has 0 aliphatic rings. The Bertz CT molecular complexity index is 782. The van der Waals surface area contributed by atoms with Gasteiger partial charge in [-0.3, -0.25) is 9.52 Å².